The van der Waals surface area contributed by atoms with Crippen LogP contribution in [-0.4, -0.2) is 34.4 Å². The summed E-state index contributed by atoms with van der Waals surface area (Å²) in [5.74, 6) is 0.289. The summed E-state index contributed by atoms with van der Waals surface area (Å²) in [7, 11) is 0. The first kappa shape index (κ1) is 14.7. The van der Waals surface area contributed by atoms with Crippen molar-refractivity contribution in [1.29, 1.82) is 0 Å². The Bertz CT molecular complexity index is 415. The summed E-state index contributed by atoms with van der Waals surface area (Å²) in [6.07, 6.45) is 0.885. The molecule has 0 spiro atoms. The Morgan fingerprint density at radius 3 is 2.33 bits per heavy atom. The zero-order chi connectivity index (χ0) is 13.5. The monoisotopic (exact) mass is 267 g/mol. The minimum absolute atomic E-state index is 0.0154. The fourth-order valence-electron chi connectivity index (χ4n) is 1.32. The number of carboxylic acid groups (broad SMARTS) is 1. The molecule has 0 aromatic heterocycles. The molecule has 3 N–H and O–H groups in total. The second-order valence-corrected chi connectivity index (χ2v) is 5.23. The van der Waals surface area contributed by atoms with Crippen molar-refractivity contribution in [2.75, 3.05) is 11.5 Å². The molecule has 4 nitrogen and oxygen atoms in total. The molecular formula is C13H17NO3S. The number of aromatic carboxylic acids is 1. The van der Waals surface area contributed by atoms with Crippen molar-refractivity contribution < 1.29 is 14.7 Å². The minimum atomic E-state index is -0.986. The lowest BCUT2D eigenvalue weighted by molar-refractivity contribution is 0.0696. The first-order valence-corrected chi connectivity index (χ1v) is 6.86. The zero-order valence-corrected chi connectivity index (χ0v) is 11.1. The molecule has 1 aromatic rings. The lowest BCUT2D eigenvalue weighted by Crippen LogP contribution is -2.15. The van der Waals surface area contributed by atoms with Crippen molar-refractivity contribution in [2.24, 2.45) is 5.73 Å². The van der Waals surface area contributed by atoms with Crippen LogP contribution in [0.2, 0.25) is 0 Å². The average molecular weight is 267 g/mol. The third-order valence-electron chi connectivity index (χ3n) is 2.40. The van der Waals surface area contributed by atoms with E-state index in [1.165, 1.54) is 12.1 Å². The van der Waals surface area contributed by atoms with Gasteiger partial charge in [0.1, 0.15) is 0 Å². The maximum absolute atomic E-state index is 11.8. The van der Waals surface area contributed by atoms with E-state index in [1.807, 2.05) is 6.92 Å². The van der Waals surface area contributed by atoms with Crippen LogP contribution in [0, 0.1) is 0 Å². The van der Waals surface area contributed by atoms with Crippen LogP contribution in [0.25, 0.3) is 0 Å². The number of ketones is 1. The standard InChI is InChI=1S/C13H17NO3S/c1-9(14)6-7-18-8-12(15)10-2-4-11(5-3-10)13(16)17/h2-5,9H,6-8,14H2,1H3,(H,16,17). The summed E-state index contributed by atoms with van der Waals surface area (Å²) in [5.41, 5.74) is 6.35. The number of carboxylic acids is 1. The van der Waals surface area contributed by atoms with Crippen LogP contribution in [0.15, 0.2) is 24.3 Å². The van der Waals surface area contributed by atoms with Crippen LogP contribution < -0.4 is 5.73 Å². The van der Waals surface area contributed by atoms with Crippen LogP contribution in [0.1, 0.15) is 34.1 Å². The molecule has 0 bridgehead atoms. The molecule has 0 saturated heterocycles. The van der Waals surface area contributed by atoms with Crippen LogP contribution >= 0.6 is 11.8 Å². The smallest absolute Gasteiger partial charge is 0.335 e. The largest absolute Gasteiger partial charge is 0.478 e. The summed E-state index contributed by atoms with van der Waals surface area (Å²) >= 11 is 1.55. The van der Waals surface area contributed by atoms with Gasteiger partial charge in [0.2, 0.25) is 0 Å². The molecule has 5 heteroatoms. The Kier molecular flexibility index (Phi) is 5.88. The van der Waals surface area contributed by atoms with E-state index in [1.54, 1.807) is 23.9 Å². The molecule has 0 fully saturated rings. The molecular weight excluding hydrogens is 250 g/mol. The fraction of sp³-hybridized carbons (Fsp3) is 0.385. The molecule has 0 aliphatic heterocycles. The van der Waals surface area contributed by atoms with E-state index in [0.29, 0.717) is 11.3 Å². The van der Waals surface area contributed by atoms with Crippen LogP contribution in [0.3, 0.4) is 0 Å². The Hall–Kier alpha value is -1.33. The molecule has 1 atom stereocenters. The predicted molar refractivity (Wildman–Crippen MR) is 73.3 cm³/mol. The number of carbonyl (C=O) groups is 2. The Labute approximate surface area is 111 Å². The maximum Gasteiger partial charge on any atom is 0.335 e. The number of hydrogen-bond acceptors (Lipinski definition) is 4. The highest BCUT2D eigenvalue weighted by molar-refractivity contribution is 7.99. The molecule has 0 aliphatic carbocycles. The molecule has 1 rings (SSSR count). The number of thioether (sulfide) groups is 1. The van der Waals surface area contributed by atoms with E-state index in [4.69, 9.17) is 10.8 Å². The van der Waals surface area contributed by atoms with Gasteiger partial charge in [-0.25, -0.2) is 4.79 Å². The quantitative estimate of drug-likeness (QED) is 0.583. The van der Waals surface area contributed by atoms with Gasteiger partial charge >= 0.3 is 5.97 Å². The second kappa shape index (κ2) is 7.18. The highest BCUT2D eigenvalue weighted by Crippen LogP contribution is 2.10. The van der Waals surface area contributed by atoms with Gasteiger partial charge in [-0.1, -0.05) is 12.1 Å². The van der Waals surface area contributed by atoms with Crippen LogP contribution in [0.5, 0.6) is 0 Å². The van der Waals surface area contributed by atoms with E-state index < -0.39 is 5.97 Å². The summed E-state index contributed by atoms with van der Waals surface area (Å²) in [6, 6.07) is 6.16. The number of nitrogens with two attached hydrogens (primary N) is 1. The van der Waals surface area contributed by atoms with Crippen molar-refractivity contribution >= 4 is 23.5 Å². The van der Waals surface area contributed by atoms with Crippen molar-refractivity contribution in [1.82, 2.24) is 0 Å². The lowest BCUT2D eigenvalue weighted by atomic mass is 10.1. The van der Waals surface area contributed by atoms with Gasteiger partial charge < -0.3 is 10.8 Å². The zero-order valence-electron chi connectivity index (χ0n) is 10.3. The highest BCUT2D eigenvalue weighted by atomic mass is 32.2. The maximum atomic E-state index is 11.8. The van der Waals surface area contributed by atoms with Crippen molar-refractivity contribution in [3.8, 4) is 0 Å². The van der Waals surface area contributed by atoms with Crippen LogP contribution in [0.4, 0.5) is 0 Å². The first-order valence-electron chi connectivity index (χ1n) is 5.70. The molecule has 0 amide bonds. The molecule has 18 heavy (non-hydrogen) atoms. The molecule has 0 radical (unpaired) electrons. The van der Waals surface area contributed by atoms with Gasteiger partial charge in [0.25, 0.3) is 0 Å². The highest BCUT2D eigenvalue weighted by Gasteiger charge is 2.08. The summed E-state index contributed by atoms with van der Waals surface area (Å²) < 4.78 is 0. The van der Waals surface area contributed by atoms with Gasteiger partial charge in [0.05, 0.1) is 11.3 Å². The number of carbonyl (C=O) groups excluding carboxylic acids is 1. The normalized spacial score (nSPS) is 12.1. The molecule has 98 valence electrons. The minimum Gasteiger partial charge on any atom is -0.478 e. The first-order chi connectivity index (χ1) is 8.50. The van der Waals surface area contributed by atoms with Gasteiger partial charge in [-0.05, 0) is 31.2 Å². The van der Waals surface area contributed by atoms with Crippen molar-refractivity contribution in [3.63, 3.8) is 0 Å². The van der Waals surface area contributed by atoms with Gasteiger partial charge in [0.15, 0.2) is 5.78 Å². The Morgan fingerprint density at radius 2 is 1.83 bits per heavy atom. The van der Waals surface area contributed by atoms with Gasteiger partial charge in [-0.15, -0.1) is 0 Å². The predicted octanol–water partition coefficient (Wildman–Crippen LogP) is 2.04. The van der Waals surface area contributed by atoms with Gasteiger partial charge in [0, 0.05) is 11.6 Å². The fourth-order valence-corrected chi connectivity index (χ4v) is 2.35. The number of Topliss-reactive ketones (excluding diaryl/α,β-unsaturated/α-hetero) is 1. The van der Waals surface area contributed by atoms with Gasteiger partial charge in [-0.3, -0.25) is 4.79 Å². The van der Waals surface area contributed by atoms with E-state index in [0.717, 1.165) is 12.2 Å². The Morgan fingerprint density at radius 1 is 1.28 bits per heavy atom. The third kappa shape index (κ3) is 4.89. The van der Waals surface area contributed by atoms with E-state index in [2.05, 4.69) is 0 Å². The van der Waals surface area contributed by atoms with Gasteiger partial charge in [-0.2, -0.15) is 11.8 Å². The summed E-state index contributed by atoms with van der Waals surface area (Å²) in [6.45, 7) is 1.94. The second-order valence-electron chi connectivity index (χ2n) is 4.12. The number of benzene rings is 1. The van der Waals surface area contributed by atoms with E-state index >= 15 is 0 Å². The topological polar surface area (TPSA) is 80.4 Å². The number of rotatable bonds is 7. The molecule has 1 aromatic carbocycles. The van der Waals surface area contributed by atoms with Crippen LogP contribution in [-0.2, 0) is 0 Å². The SMILES string of the molecule is CC(N)CCSCC(=O)c1ccc(C(=O)O)cc1. The molecule has 0 heterocycles. The molecule has 0 aliphatic rings. The molecule has 1 unspecified atom stereocenters. The summed E-state index contributed by atoms with van der Waals surface area (Å²) in [4.78, 5) is 22.4. The Balaban J connectivity index is 2.44. The van der Waals surface area contributed by atoms with E-state index in [9.17, 15) is 9.59 Å². The van der Waals surface area contributed by atoms with Crippen molar-refractivity contribution in [2.45, 2.75) is 19.4 Å². The van der Waals surface area contributed by atoms with E-state index in [-0.39, 0.29) is 17.4 Å². The number of hydrogen-bond donors (Lipinski definition) is 2. The molecule has 0 saturated carbocycles. The van der Waals surface area contributed by atoms with Crippen molar-refractivity contribution in [3.05, 3.63) is 35.4 Å². The summed E-state index contributed by atoms with van der Waals surface area (Å²) in [5, 5.41) is 8.74. The average Bonchev–Trinajstić information content (AvgIpc) is 2.34. The lowest BCUT2D eigenvalue weighted by Gasteiger charge is -2.04. The third-order valence-corrected chi connectivity index (χ3v) is 3.40.